The summed E-state index contributed by atoms with van der Waals surface area (Å²) in [5.74, 6) is -0.510. The first kappa shape index (κ1) is 14.0. The Labute approximate surface area is 103 Å². The first-order valence-corrected chi connectivity index (χ1v) is 6.18. The molecule has 0 aromatic heterocycles. The van der Waals surface area contributed by atoms with Crippen LogP contribution in [0.2, 0.25) is 0 Å². The van der Waals surface area contributed by atoms with Gasteiger partial charge in [0.1, 0.15) is 6.04 Å². The zero-order valence-corrected chi connectivity index (χ0v) is 10.9. The highest BCUT2D eigenvalue weighted by Crippen LogP contribution is 2.28. The highest BCUT2D eigenvalue weighted by molar-refractivity contribution is 5.89. The average molecular weight is 241 g/mol. The van der Waals surface area contributed by atoms with Crippen molar-refractivity contribution < 1.29 is 9.59 Å². The van der Waals surface area contributed by atoms with Gasteiger partial charge in [0.15, 0.2) is 0 Å². The summed E-state index contributed by atoms with van der Waals surface area (Å²) in [4.78, 5) is 23.5. The fraction of sp³-hybridized carbons (Fsp3) is 0.833. The Kier molecular flexibility index (Phi) is 4.51. The molecule has 5 heteroatoms. The van der Waals surface area contributed by atoms with Gasteiger partial charge in [0.2, 0.25) is 11.8 Å². The van der Waals surface area contributed by atoms with E-state index in [9.17, 15) is 9.59 Å². The molecule has 1 fully saturated rings. The van der Waals surface area contributed by atoms with E-state index in [1.807, 2.05) is 20.8 Å². The van der Waals surface area contributed by atoms with Crippen LogP contribution in [-0.4, -0.2) is 30.9 Å². The molecule has 2 amide bonds. The molecule has 1 rings (SSSR count). The monoisotopic (exact) mass is 241 g/mol. The van der Waals surface area contributed by atoms with E-state index >= 15 is 0 Å². The summed E-state index contributed by atoms with van der Waals surface area (Å²) in [6.45, 7) is 7.38. The number of rotatable bonds is 4. The van der Waals surface area contributed by atoms with Crippen molar-refractivity contribution in [1.82, 2.24) is 10.6 Å². The average Bonchev–Trinajstić information content (AvgIpc) is 2.25. The van der Waals surface area contributed by atoms with Gasteiger partial charge in [-0.15, -0.1) is 0 Å². The minimum absolute atomic E-state index is 0.0155. The number of primary amides is 1. The molecule has 0 bridgehead atoms. The summed E-state index contributed by atoms with van der Waals surface area (Å²) in [5.41, 5.74) is 4.91. The lowest BCUT2D eigenvalue weighted by molar-refractivity contribution is -0.135. The Morgan fingerprint density at radius 1 is 1.29 bits per heavy atom. The SMILES string of the molecule is CC(C)C(NC(=O)C1(C)CCNCC1)C(N)=O. The molecular weight excluding hydrogens is 218 g/mol. The topological polar surface area (TPSA) is 84.2 Å². The Balaban J connectivity index is 2.66. The van der Waals surface area contributed by atoms with Gasteiger partial charge in [0, 0.05) is 5.41 Å². The van der Waals surface area contributed by atoms with Crippen molar-refractivity contribution in [2.24, 2.45) is 17.1 Å². The maximum Gasteiger partial charge on any atom is 0.240 e. The van der Waals surface area contributed by atoms with Gasteiger partial charge >= 0.3 is 0 Å². The Morgan fingerprint density at radius 3 is 2.24 bits per heavy atom. The van der Waals surface area contributed by atoms with E-state index in [0.29, 0.717) is 0 Å². The molecule has 98 valence electrons. The lowest BCUT2D eigenvalue weighted by Crippen LogP contribution is -2.54. The number of nitrogens with one attached hydrogen (secondary N) is 2. The van der Waals surface area contributed by atoms with Gasteiger partial charge in [0.25, 0.3) is 0 Å². The normalized spacial score (nSPS) is 20.9. The third-order valence-corrected chi connectivity index (χ3v) is 3.52. The number of piperidine rings is 1. The molecule has 1 aliphatic heterocycles. The van der Waals surface area contributed by atoms with Gasteiger partial charge in [-0.2, -0.15) is 0 Å². The van der Waals surface area contributed by atoms with Crippen molar-refractivity contribution in [2.45, 2.75) is 39.7 Å². The highest BCUT2D eigenvalue weighted by atomic mass is 16.2. The standard InChI is InChI=1S/C12H23N3O2/c1-8(2)9(10(13)16)15-11(17)12(3)4-6-14-7-5-12/h8-9,14H,4-7H2,1-3H3,(H2,13,16)(H,15,17). The molecule has 4 N–H and O–H groups in total. The highest BCUT2D eigenvalue weighted by Gasteiger charge is 2.36. The summed E-state index contributed by atoms with van der Waals surface area (Å²) in [6.07, 6.45) is 1.59. The van der Waals surface area contributed by atoms with Gasteiger partial charge < -0.3 is 16.4 Å². The number of hydrogen-bond donors (Lipinski definition) is 3. The summed E-state index contributed by atoms with van der Waals surface area (Å²) in [7, 11) is 0. The second-order valence-electron chi connectivity index (χ2n) is 5.41. The van der Waals surface area contributed by atoms with Gasteiger partial charge in [0.05, 0.1) is 0 Å². The molecular formula is C12H23N3O2. The molecule has 0 radical (unpaired) electrons. The molecule has 0 aromatic rings. The summed E-state index contributed by atoms with van der Waals surface area (Å²) >= 11 is 0. The summed E-state index contributed by atoms with van der Waals surface area (Å²) in [5, 5.41) is 6.01. The van der Waals surface area contributed by atoms with E-state index in [1.165, 1.54) is 0 Å². The number of hydrogen-bond acceptors (Lipinski definition) is 3. The van der Waals surface area contributed by atoms with Crippen molar-refractivity contribution in [3.05, 3.63) is 0 Å². The molecule has 1 aliphatic rings. The second-order valence-corrected chi connectivity index (χ2v) is 5.41. The molecule has 5 nitrogen and oxygen atoms in total. The van der Waals surface area contributed by atoms with Crippen LogP contribution in [0.4, 0.5) is 0 Å². The second kappa shape index (κ2) is 5.49. The van der Waals surface area contributed by atoms with Gasteiger partial charge in [-0.25, -0.2) is 0 Å². The zero-order chi connectivity index (χ0) is 13.1. The van der Waals surface area contributed by atoms with Crippen LogP contribution in [0, 0.1) is 11.3 Å². The van der Waals surface area contributed by atoms with E-state index in [0.717, 1.165) is 25.9 Å². The van der Waals surface area contributed by atoms with E-state index < -0.39 is 11.9 Å². The van der Waals surface area contributed by atoms with Crippen LogP contribution in [0.5, 0.6) is 0 Å². The van der Waals surface area contributed by atoms with Crippen LogP contribution in [0.1, 0.15) is 33.6 Å². The van der Waals surface area contributed by atoms with E-state index in [2.05, 4.69) is 10.6 Å². The zero-order valence-electron chi connectivity index (χ0n) is 10.9. The fourth-order valence-corrected chi connectivity index (χ4v) is 2.09. The number of nitrogens with two attached hydrogens (primary N) is 1. The third-order valence-electron chi connectivity index (χ3n) is 3.52. The predicted molar refractivity (Wildman–Crippen MR) is 66.2 cm³/mol. The first-order chi connectivity index (χ1) is 7.87. The summed E-state index contributed by atoms with van der Waals surface area (Å²) in [6, 6.07) is -0.575. The Hall–Kier alpha value is -1.10. The van der Waals surface area contributed by atoms with Crippen molar-refractivity contribution in [3.63, 3.8) is 0 Å². The van der Waals surface area contributed by atoms with Crippen LogP contribution in [0.25, 0.3) is 0 Å². The summed E-state index contributed by atoms with van der Waals surface area (Å²) < 4.78 is 0. The fourth-order valence-electron chi connectivity index (χ4n) is 2.09. The van der Waals surface area contributed by atoms with Crippen LogP contribution in [0.3, 0.4) is 0 Å². The number of carbonyl (C=O) groups excluding carboxylic acids is 2. The quantitative estimate of drug-likeness (QED) is 0.648. The molecule has 0 saturated carbocycles. The molecule has 1 unspecified atom stereocenters. The number of amides is 2. The van der Waals surface area contributed by atoms with Crippen molar-refractivity contribution >= 4 is 11.8 Å². The van der Waals surface area contributed by atoms with Crippen LogP contribution in [0.15, 0.2) is 0 Å². The molecule has 17 heavy (non-hydrogen) atoms. The largest absolute Gasteiger partial charge is 0.368 e. The van der Waals surface area contributed by atoms with Crippen LogP contribution < -0.4 is 16.4 Å². The Morgan fingerprint density at radius 2 is 1.82 bits per heavy atom. The maximum absolute atomic E-state index is 12.2. The van der Waals surface area contributed by atoms with Crippen molar-refractivity contribution in [3.8, 4) is 0 Å². The molecule has 0 spiro atoms. The molecule has 0 aliphatic carbocycles. The maximum atomic E-state index is 12.2. The van der Waals surface area contributed by atoms with E-state index in [-0.39, 0.29) is 17.2 Å². The molecule has 1 atom stereocenters. The van der Waals surface area contributed by atoms with Crippen molar-refractivity contribution in [2.75, 3.05) is 13.1 Å². The van der Waals surface area contributed by atoms with Gasteiger partial charge in [-0.1, -0.05) is 20.8 Å². The van der Waals surface area contributed by atoms with Gasteiger partial charge in [-0.05, 0) is 31.8 Å². The predicted octanol–water partition coefficient (Wildman–Crippen LogP) is 0.00220. The molecule has 1 heterocycles. The van der Waals surface area contributed by atoms with Crippen LogP contribution in [-0.2, 0) is 9.59 Å². The van der Waals surface area contributed by atoms with E-state index in [1.54, 1.807) is 0 Å². The molecule has 0 aromatic carbocycles. The third kappa shape index (κ3) is 3.43. The first-order valence-electron chi connectivity index (χ1n) is 6.18. The lowest BCUT2D eigenvalue weighted by atomic mass is 9.79. The Bertz CT molecular complexity index is 296. The van der Waals surface area contributed by atoms with Crippen LogP contribution >= 0.6 is 0 Å². The van der Waals surface area contributed by atoms with E-state index in [4.69, 9.17) is 5.73 Å². The smallest absolute Gasteiger partial charge is 0.240 e. The van der Waals surface area contributed by atoms with Gasteiger partial charge in [-0.3, -0.25) is 9.59 Å². The molecule has 1 saturated heterocycles. The minimum atomic E-state index is -0.575. The lowest BCUT2D eigenvalue weighted by Gasteiger charge is -2.34. The van der Waals surface area contributed by atoms with Crippen molar-refractivity contribution in [1.29, 1.82) is 0 Å². The minimum Gasteiger partial charge on any atom is -0.368 e. The number of carbonyl (C=O) groups is 2.